The molecular weight excluding hydrogens is 195 g/mol. The topological polar surface area (TPSA) is 55.1 Å². The van der Waals surface area contributed by atoms with Crippen LogP contribution in [0.15, 0.2) is 18.2 Å². The minimum Gasteiger partial charge on any atom is -0.399 e. The lowest BCUT2D eigenvalue weighted by molar-refractivity contribution is 0.0955. The second kappa shape index (κ2) is 5.01. The lowest BCUT2D eigenvalue weighted by atomic mass is 10.2. The molecule has 0 fully saturated rings. The molecule has 0 aliphatic heterocycles. The van der Waals surface area contributed by atoms with Gasteiger partial charge in [-0.1, -0.05) is 5.92 Å². The Morgan fingerprint density at radius 2 is 2.33 bits per heavy atom. The van der Waals surface area contributed by atoms with E-state index in [0.717, 1.165) is 6.07 Å². The first-order chi connectivity index (χ1) is 7.15. The zero-order valence-electron chi connectivity index (χ0n) is 8.30. The van der Waals surface area contributed by atoms with Gasteiger partial charge in [-0.3, -0.25) is 4.79 Å². The summed E-state index contributed by atoms with van der Waals surface area (Å²) in [6.07, 6.45) is 0. The van der Waals surface area contributed by atoms with Gasteiger partial charge in [0.15, 0.2) is 0 Å². The fourth-order valence-corrected chi connectivity index (χ4v) is 1.02. The Morgan fingerprint density at radius 3 is 3.00 bits per heavy atom. The molecule has 15 heavy (non-hydrogen) atoms. The van der Waals surface area contributed by atoms with Crippen LogP contribution in [-0.2, 0) is 0 Å². The summed E-state index contributed by atoms with van der Waals surface area (Å²) in [5.74, 6) is 4.16. The predicted molar refractivity (Wildman–Crippen MR) is 56.6 cm³/mol. The van der Waals surface area contributed by atoms with Crippen molar-refractivity contribution in [3.05, 3.63) is 29.6 Å². The van der Waals surface area contributed by atoms with Crippen molar-refractivity contribution in [1.82, 2.24) is 5.32 Å². The highest BCUT2D eigenvalue weighted by Crippen LogP contribution is 2.11. The number of anilines is 1. The van der Waals surface area contributed by atoms with E-state index in [1.165, 1.54) is 12.1 Å². The zero-order valence-corrected chi connectivity index (χ0v) is 8.30. The van der Waals surface area contributed by atoms with Gasteiger partial charge in [0.05, 0.1) is 12.1 Å². The standard InChI is InChI=1S/C11H11FN2O/c1-2-3-6-14-11(15)9-7-8(13)4-5-10(9)12/h4-5,7H,6,13H2,1H3,(H,14,15). The molecule has 0 spiro atoms. The van der Waals surface area contributed by atoms with Crippen LogP contribution in [0.25, 0.3) is 0 Å². The number of nitrogens with two attached hydrogens (primary N) is 1. The quantitative estimate of drug-likeness (QED) is 0.563. The number of amides is 1. The highest BCUT2D eigenvalue weighted by atomic mass is 19.1. The first-order valence-electron chi connectivity index (χ1n) is 4.38. The number of halogens is 1. The molecule has 0 heterocycles. The molecule has 4 heteroatoms. The molecule has 0 aromatic heterocycles. The van der Waals surface area contributed by atoms with E-state index < -0.39 is 11.7 Å². The maximum absolute atomic E-state index is 13.2. The number of rotatable bonds is 2. The Kier molecular flexibility index (Phi) is 3.69. The number of nitrogen functional groups attached to an aromatic ring is 1. The van der Waals surface area contributed by atoms with Crippen LogP contribution in [0.1, 0.15) is 17.3 Å². The number of benzene rings is 1. The van der Waals surface area contributed by atoms with Crippen LogP contribution in [-0.4, -0.2) is 12.5 Å². The number of carbonyl (C=O) groups is 1. The molecule has 78 valence electrons. The first-order valence-corrected chi connectivity index (χ1v) is 4.38. The second-order valence-corrected chi connectivity index (χ2v) is 2.85. The third-order valence-corrected chi connectivity index (χ3v) is 1.75. The summed E-state index contributed by atoms with van der Waals surface area (Å²) in [6, 6.07) is 3.86. The van der Waals surface area contributed by atoms with E-state index >= 15 is 0 Å². The number of nitrogens with one attached hydrogen (secondary N) is 1. The summed E-state index contributed by atoms with van der Waals surface area (Å²) in [4.78, 5) is 11.4. The third-order valence-electron chi connectivity index (χ3n) is 1.75. The average molecular weight is 206 g/mol. The predicted octanol–water partition coefficient (Wildman–Crippen LogP) is 1.16. The third kappa shape index (κ3) is 2.99. The number of hydrogen-bond donors (Lipinski definition) is 2. The van der Waals surface area contributed by atoms with Gasteiger partial charge in [-0.15, -0.1) is 5.92 Å². The van der Waals surface area contributed by atoms with Crippen molar-refractivity contribution in [1.29, 1.82) is 0 Å². The van der Waals surface area contributed by atoms with E-state index in [0.29, 0.717) is 5.69 Å². The average Bonchev–Trinajstić information content (AvgIpc) is 2.22. The smallest absolute Gasteiger partial charge is 0.255 e. The fraction of sp³-hybridized carbons (Fsp3) is 0.182. The van der Waals surface area contributed by atoms with E-state index in [-0.39, 0.29) is 12.1 Å². The summed E-state index contributed by atoms with van der Waals surface area (Å²) in [6.45, 7) is 1.86. The van der Waals surface area contributed by atoms with Crippen LogP contribution >= 0.6 is 0 Å². The van der Waals surface area contributed by atoms with Crippen molar-refractivity contribution < 1.29 is 9.18 Å². The van der Waals surface area contributed by atoms with Gasteiger partial charge < -0.3 is 11.1 Å². The molecule has 3 nitrogen and oxygen atoms in total. The molecule has 0 saturated carbocycles. The zero-order chi connectivity index (χ0) is 11.3. The monoisotopic (exact) mass is 206 g/mol. The minimum absolute atomic E-state index is 0.0621. The van der Waals surface area contributed by atoms with Gasteiger partial charge in [0.25, 0.3) is 5.91 Å². The summed E-state index contributed by atoms with van der Waals surface area (Å²) in [5, 5.41) is 2.46. The van der Waals surface area contributed by atoms with E-state index in [1.807, 2.05) is 0 Å². The summed E-state index contributed by atoms with van der Waals surface area (Å²) in [7, 11) is 0. The minimum atomic E-state index is -0.592. The fourth-order valence-electron chi connectivity index (χ4n) is 1.02. The van der Waals surface area contributed by atoms with Crippen molar-refractivity contribution in [3.63, 3.8) is 0 Å². The molecule has 0 radical (unpaired) electrons. The van der Waals surface area contributed by atoms with Crippen LogP contribution < -0.4 is 11.1 Å². The van der Waals surface area contributed by atoms with Crippen molar-refractivity contribution in [2.75, 3.05) is 12.3 Å². The molecule has 3 N–H and O–H groups in total. The maximum atomic E-state index is 13.2. The lowest BCUT2D eigenvalue weighted by Gasteiger charge is -2.03. The van der Waals surface area contributed by atoms with Crippen molar-refractivity contribution in [2.45, 2.75) is 6.92 Å². The Labute approximate surface area is 87.5 Å². The lowest BCUT2D eigenvalue weighted by Crippen LogP contribution is -2.24. The summed E-state index contributed by atoms with van der Waals surface area (Å²) in [5.41, 5.74) is 5.73. The van der Waals surface area contributed by atoms with Crippen LogP contribution in [0.5, 0.6) is 0 Å². The van der Waals surface area contributed by atoms with Gasteiger partial charge in [0.1, 0.15) is 5.82 Å². The van der Waals surface area contributed by atoms with Gasteiger partial charge in [-0.05, 0) is 25.1 Å². The SMILES string of the molecule is CC#CCNC(=O)c1cc(N)ccc1F. The van der Waals surface area contributed by atoms with Gasteiger partial charge in [0.2, 0.25) is 0 Å². The molecule has 0 saturated heterocycles. The van der Waals surface area contributed by atoms with Gasteiger partial charge in [0, 0.05) is 5.69 Å². The van der Waals surface area contributed by atoms with Crippen LogP contribution in [0, 0.1) is 17.7 Å². The normalized spacial score (nSPS) is 8.93. The van der Waals surface area contributed by atoms with E-state index in [1.54, 1.807) is 6.92 Å². The van der Waals surface area contributed by atoms with Crippen LogP contribution in [0.2, 0.25) is 0 Å². The van der Waals surface area contributed by atoms with Gasteiger partial charge >= 0.3 is 0 Å². The van der Waals surface area contributed by atoms with Crippen LogP contribution in [0.3, 0.4) is 0 Å². The molecule has 0 aliphatic carbocycles. The maximum Gasteiger partial charge on any atom is 0.255 e. The number of hydrogen-bond acceptors (Lipinski definition) is 2. The molecule has 1 aromatic carbocycles. The van der Waals surface area contributed by atoms with Crippen molar-refractivity contribution in [2.24, 2.45) is 0 Å². The first kappa shape index (κ1) is 11.1. The number of carbonyl (C=O) groups excluding carboxylic acids is 1. The van der Waals surface area contributed by atoms with Crippen molar-refractivity contribution in [3.8, 4) is 11.8 Å². The molecule has 0 aliphatic rings. The van der Waals surface area contributed by atoms with E-state index in [4.69, 9.17) is 5.73 Å². The largest absolute Gasteiger partial charge is 0.399 e. The highest BCUT2D eigenvalue weighted by Gasteiger charge is 2.10. The van der Waals surface area contributed by atoms with E-state index in [9.17, 15) is 9.18 Å². The summed E-state index contributed by atoms with van der Waals surface area (Å²) < 4.78 is 13.2. The Morgan fingerprint density at radius 1 is 1.60 bits per heavy atom. The van der Waals surface area contributed by atoms with E-state index in [2.05, 4.69) is 17.2 Å². The molecule has 0 unspecified atom stereocenters. The van der Waals surface area contributed by atoms with Gasteiger partial charge in [-0.2, -0.15) is 0 Å². The molecule has 1 aromatic rings. The van der Waals surface area contributed by atoms with Crippen molar-refractivity contribution >= 4 is 11.6 Å². The van der Waals surface area contributed by atoms with Gasteiger partial charge in [-0.25, -0.2) is 4.39 Å². The Bertz CT molecular complexity index is 432. The molecule has 0 bridgehead atoms. The Balaban J connectivity index is 2.80. The molecule has 0 atom stereocenters. The van der Waals surface area contributed by atoms with Crippen LogP contribution in [0.4, 0.5) is 10.1 Å². The Hall–Kier alpha value is -2.02. The summed E-state index contributed by atoms with van der Waals surface area (Å²) >= 11 is 0. The second-order valence-electron chi connectivity index (χ2n) is 2.85. The highest BCUT2D eigenvalue weighted by molar-refractivity contribution is 5.95. The molecule has 1 amide bonds. The molecule has 1 rings (SSSR count). The molecular formula is C11H11FN2O.